The molecule has 3 heterocycles. The van der Waals surface area contributed by atoms with Crippen LogP contribution in [-0.2, 0) is 19.6 Å². The van der Waals surface area contributed by atoms with Gasteiger partial charge in [-0.2, -0.15) is 4.31 Å². The number of aryl methyl sites for hydroxylation is 1. The number of ether oxygens (including phenoxy) is 3. The third kappa shape index (κ3) is 4.57. The summed E-state index contributed by atoms with van der Waals surface area (Å²) in [5, 5.41) is 3.32. The van der Waals surface area contributed by atoms with Crippen molar-refractivity contribution < 1.29 is 32.2 Å². The van der Waals surface area contributed by atoms with E-state index >= 15 is 0 Å². The Bertz CT molecular complexity index is 1180. The van der Waals surface area contributed by atoms with Crippen molar-refractivity contribution in [3.63, 3.8) is 0 Å². The van der Waals surface area contributed by atoms with Gasteiger partial charge in [0, 0.05) is 30.0 Å². The number of fused-ring (bicyclic) bond motifs is 1. The third-order valence-electron chi connectivity index (χ3n) is 5.99. The lowest BCUT2D eigenvalue weighted by Gasteiger charge is -2.30. The number of amides is 1. The minimum Gasteiger partial charge on any atom is -0.486 e. The second-order valence-electron chi connectivity index (χ2n) is 7.95. The molecule has 178 valence electrons. The Morgan fingerprint density at radius 2 is 1.79 bits per heavy atom. The topological polar surface area (TPSA) is 111 Å². The molecule has 0 atom stereocenters. The maximum atomic E-state index is 13.1. The Balaban J connectivity index is 1.42. The summed E-state index contributed by atoms with van der Waals surface area (Å²) < 4.78 is 43.4. The normalized spacial score (nSPS) is 16.9. The number of methoxy groups -OCH3 is 1. The van der Waals surface area contributed by atoms with Crippen molar-refractivity contribution in [1.82, 2.24) is 4.31 Å². The van der Waals surface area contributed by atoms with E-state index in [1.165, 1.54) is 34.9 Å². The van der Waals surface area contributed by atoms with Crippen molar-refractivity contribution in [3.8, 4) is 11.5 Å². The minimum absolute atomic E-state index is 0.141. The van der Waals surface area contributed by atoms with Gasteiger partial charge >= 0.3 is 5.97 Å². The summed E-state index contributed by atoms with van der Waals surface area (Å²) in [6.07, 6.45) is 0.763. The van der Waals surface area contributed by atoms with Crippen LogP contribution in [0.5, 0.6) is 11.5 Å². The van der Waals surface area contributed by atoms with Crippen LogP contribution in [0.25, 0.3) is 0 Å². The molecule has 11 heteroatoms. The molecule has 9 nitrogen and oxygen atoms in total. The van der Waals surface area contributed by atoms with Crippen molar-refractivity contribution in [2.75, 3.05) is 38.7 Å². The highest BCUT2D eigenvalue weighted by atomic mass is 32.2. The Labute approximate surface area is 196 Å². The number of rotatable bonds is 5. The van der Waals surface area contributed by atoms with E-state index in [2.05, 4.69) is 5.32 Å². The number of thiophene rings is 1. The van der Waals surface area contributed by atoms with Gasteiger partial charge in [0.15, 0.2) is 11.5 Å². The van der Waals surface area contributed by atoms with E-state index in [0.29, 0.717) is 48.1 Å². The molecule has 2 aromatic rings. The number of benzene rings is 1. The number of nitrogens with zero attached hydrogens (tertiary/aromatic N) is 1. The van der Waals surface area contributed by atoms with Crippen LogP contribution in [0.3, 0.4) is 0 Å². The first-order valence-corrected chi connectivity index (χ1v) is 12.9. The average molecular weight is 495 g/mol. The molecule has 0 aliphatic carbocycles. The number of esters is 1. The van der Waals surface area contributed by atoms with E-state index < -0.39 is 16.0 Å². The second kappa shape index (κ2) is 9.32. The molecule has 0 radical (unpaired) electrons. The molecule has 2 aliphatic rings. The minimum atomic E-state index is -3.72. The van der Waals surface area contributed by atoms with Gasteiger partial charge in [0.1, 0.15) is 18.2 Å². The Hall–Kier alpha value is -2.63. The quantitative estimate of drug-likeness (QED) is 0.636. The summed E-state index contributed by atoms with van der Waals surface area (Å²) in [5.74, 6) is -0.129. The van der Waals surface area contributed by atoms with Crippen molar-refractivity contribution in [3.05, 3.63) is 34.2 Å². The molecule has 1 saturated heterocycles. The summed E-state index contributed by atoms with van der Waals surface area (Å²) in [7, 11) is -2.42. The van der Waals surface area contributed by atoms with E-state index in [9.17, 15) is 18.0 Å². The zero-order valence-corrected chi connectivity index (χ0v) is 20.3. The van der Waals surface area contributed by atoms with Crippen LogP contribution in [0.2, 0.25) is 0 Å². The smallest absolute Gasteiger partial charge is 0.341 e. The molecule has 4 rings (SSSR count). The average Bonchev–Trinajstić information content (AvgIpc) is 3.10. The third-order valence-corrected chi connectivity index (χ3v) is 9.01. The fourth-order valence-electron chi connectivity index (χ4n) is 3.97. The highest BCUT2D eigenvalue weighted by molar-refractivity contribution is 7.89. The van der Waals surface area contributed by atoms with Gasteiger partial charge in [-0.1, -0.05) is 0 Å². The highest BCUT2D eigenvalue weighted by Crippen LogP contribution is 2.35. The Morgan fingerprint density at radius 1 is 1.12 bits per heavy atom. The number of hydrogen-bond donors (Lipinski definition) is 1. The van der Waals surface area contributed by atoms with Gasteiger partial charge in [-0.3, -0.25) is 4.79 Å². The number of piperidine rings is 1. The summed E-state index contributed by atoms with van der Waals surface area (Å²) in [6, 6.07) is 4.60. The SMILES string of the molecule is COC(=O)c1c(NC(=O)C2CCN(S(=O)(=O)c3ccc4c(c3)OCCO4)CC2)sc(C)c1C. The van der Waals surface area contributed by atoms with E-state index in [4.69, 9.17) is 14.2 Å². The second-order valence-corrected chi connectivity index (χ2v) is 11.1. The standard InChI is InChI=1S/C22H26N2O7S2/c1-13-14(2)32-21(19(13)22(26)29-3)23-20(25)15-6-8-24(9-7-15)33(27,28)16-4-5-17-18(12-16)31-11-10-30-17/h4-5,12,15H,6-11H2,1-3H3,(H,23,25). The van der Waals surface area contributed by atoms with Gasteiger partial charge < -0.3 is 19.5 Å². The van der Waals surface area contributed by atoms with Gasteiger partial charge in [-0.15, -0.1) is 11.3 Å². The van der Waals surface area contributed by atoms with Gasteiger partial charge in [0.05, 0.1) is 17.6 Å². The van der Waals surface area contributed by atoms with Crippen LogP contribution in [0.15, 0.2) is 23.1 Å². The zero-order chi connectivity index (χ0) is 23.8. The fourth-order valence-corrected chi connectivity index (χ4v) is 6.51. The summed E-state index contributed by atoms with van der Waals surface area (Å²) >= 11 is 1.33. The lowest BCUT2D eigenvalue weighted by Crippen LogP contribution is -2.41. The molecule has 1 fully saturated rings. The van der Waals surface area contributed by atoms with E-state index in [1.54, 1.807) is 6.07 Å². The number of anilines is 1. The van der Waals surface area contributed by atoms with Crippen molar-refractivity contribution >= 4 is 38.2 Å². The molecule has 0 bridgehead atoms. The van der Waals surface area contributed by atoms with Crippen LogP contribution in [0.1, 0.15) is 33.6 Å². The molecule has 33 heavy (non-hydrogen) atoms. The van der Waals surface area contributed by atoms with E-state index in [-0.39, 0.29) is 29.8 Å². The van der Waals surface area contributed by atoms with Crippen LogP contribution >= 0.6 is 11.3 Å². The lowest BCUT2D eigenvalue weighted by molar-refractivity contribution is -0.120. The first kappa shape index (κ1) is 23.5. The maximum absolute atomic E-state index is 13.1. The predicted molar refractivity (Wildman–Crippen MR) is 123 cm³/mol. The van der Waals surface area contributed by atoms with Gasteiger partial charge in [-0.25, -0.2) is 13.2 Å². The Kier molecular flexibility index (Phi) is 6.64. The molecular weight excluding hydrogens is 468 g/mol. The lowest BCUT2D eigenvalue weighted by atomic mass is 9.97. The molecule has 2 aliphatic heterocycles. The number of hydrogen-bond acceptors (Lipinski definition) is 8. The first-order chi connectivity index (χ1) is 15.7. The van der Waals surface area contributed by atoms with Crippen molar-refractivity contribution in [2.45, 2.75) is 31.6 Å². The fraction of sp³-hybridized carbons (Fsp3) is 0.455. The molecule has 1 aromatic heterocycles. The number of carbonyl (C=O) groups is 2. The van der Waals surface area contributed by atoms with E-state index in [0.717, 1.165) is 10.4 Å². The summed E-state index contributed by atoms with van der Waals surface area (Å²) in [6.45, 7) is 4.94. The van der Waals surface area contributed by atoms with Crippen molar-refractivity contribution in [2.24, 2.45) is 5.92 Å². The molecule has 1 aromatic carbocycles. The van der Waals surface area contributed by atoms with E-state index in [1.807, 2.05) is 13.8 Å². The number of carbonyl (C=O) groups excluding carboxylic acids is 2. The van der Waals surface area contributed by atoms with Gasteiger partial charge in [-0.05, 0) is 44.4 Å². The molecular formula is C22H26N2O7S2. The predicted octanol–water partition coefficient (Wildman–Crippen LogP) is 2.96. The summed E-state index contributed by atoms with van der Waals surface area (Å²) in [5.41, 5.74) is 1.15. The first-order valence-electron chi connectivity index (χ1n) is 10.6. The maximum Gasteiger partial charge on any atom is 0.341 e. The molecule has 0 unspecified atom stereocenters. The highest BCUT2D eigenvalue weighted by Gasteiger charge is 2.33. The van der Waals surface area contributed by atoms with Crippen LogP contribution in [0.4, 0.5) is 5.00 Å². The molecule has 1 amide bonds. The van der Waals surface area contributed by atoms with Gasteiger partial charge in [0.2, 0.25) is 15.9 Å². The number of nitrogens with one attached hydrogen (secondary N) is 1. The van der Waals surface area contributed by atoms with Gasteiger partial charge in [0.25, 0.3) is 0 Å². The van der Waals surface area contributed by atoms with Crippen LogP contribution in [-0.4, -0.2) is 58.0 Å². The zero-order valence-electron chi connectivity index (χ0n) is 18.7. The summed E-state index contributed by atoms with van der Waals surface area (Å²) in [4.78, 5) is 26.1. The Morgan fingerprint density at radius 3 is 2.45 bits per heavy atom. The van der Waals surface area contributed by atoms with Crippen LogP contribution < -0.4 is 14.8 Å². The van der Waals surface area contributed by atoms with Crippen molar-refractivity contribution in [1.29, 1.82) is 0 Å². The molecule has 0 saturated carbocycles. The number of sulfonamides is 1. The largest absolute Gasteiger partial charge is 0.486 e. The molecule has 0 spiro atoms. The van der Waals surface area contributed by atoms with Crippen LogP contribution in [0, 0.1) is 19.8 Å². The monoisotopic (exact) mass is 494 g/mol. The molecule has 1 N–H and O–H groups in total.